The predicted molar refractivity (Wildman–Crippen MR) is 124 cm³/mol. The van der Waals surface area contributed by atoms with E-state index in [0.717, 1.165) is 49.1 Å². The maximum Gasteiger partial charge on any atom is 0.226 e. The van der Waals surface area contributed by atoms with Crippen LogP contribution in [0.4, 0.5) is 4.39 Å². The highest BCUT2D eigenvalue weighted by Gasteiger charge is 2.07. The van der Waals surface area contributed by atoms with Gasteiger partial charge in [0.25, 0.3) is 0 Å². The second kappa shape index (κ2) is 12.3. The Kier molecular flexibility index (Phi) is 9.71. The van der Waals surface area contributed by atoms with E-state index in [2.05, 4.69) is 37.7 Å². The van der Waals surface area contributed by atoms with Gasteiger partial charge in [0.1, 0.15) is 24.2 Å². The molecule has 0 bridgehead atoms. The molecule has 3 rings (SSSR count). The number of guanidine groups is 1. The Bertz CT molecular complexity index is 923. The lowest BCUT2D eigenvalue weighted by atomic mass is 10.2. The molecule has 8 nitrogen and oxygen atoms in total. The predicted octanol–water partition coefficient (Wildman–Crippen LogP) is 3.05. The number of benzene rings is 1. The summed E-state index contributed by atoms with van der Waals surface area (Å²) in [6.07, 6.45) is 4.86. The van der Waals surface area contributed by atoms with Crippen molar-refractivity contribution in [3.63, 3.8) is 0 Å². The molecule has 2 heterocycles. The van der Waals surface area contributed by atoms with Crippen molar-refractivity contribution in [1.82, 2.24) is 30.4 Å². The molecular weight excluding hydrogens is 500 g/mol. The van der Waals surface area contributed by atoms with Crippen molar-refractivity contribution < 1.29 is 8.81 Å². The van der Waals surface area contributed by atoms with Crippen LogP contribution in [-0.4, -0.2) is 45.3 Å². The minimum Gasteiger partial charge on any atom is -0.444 e. The molecule has 0 spiro atoms. The van der Waals surface area contributed by atoms with E-state index in [4.69, 9.17) is 4.42 Å². The second-order valence-corrected chi connectivity index (χ2v) is 6.38. The zero-order chi connectivity index (χ0) is 20.5. The third-order valence-corrected chi connectivity index (χ3v) is 4.28. The van der Waals surface area contributed by atoms with E-state index in [1.807, 2.05) is 11.5 Å². The van der Waals surface area contributed by atoms with Gasteiger partial charge in [-0.1, -0.05) is 6.92 Å². The van der Waals surface area contributed by atoms with Gasteiger partial charge in [0.2, 0.25) is 5.89 Å². The first-order chi connectivity index (χ1) is 14.2. The lowest BCUT2D eigenvalue weighted by molar-refractivity contribution is 0.572. The summed E-state index contributed by atoms with van der Waals surface area (Å²) in [4.78, 5) is 9.04. The van der Waals surface area contributed by atoms with Gasteiger partial charge in [0.05, 0.1) is 5.69 Å². The molecule has 30 heavy (non-hydrogen) atoms. The van der Waals surface area contributed by atoms with Crippen LogP contribution in [0.2, 0.25) is 0 Å². The van der Waals surface area contributed by atoms with Crippen molar-refractivity contribution in [3.05, 3.63) is 54.2 Å². The van der Waals surface area contributed by atoms with Crippen molar-refractivity contribution in [1.29, 1.82) is 0 Å². The van der Waals surface area contributed by atoms with Gasteiger partial charge in [0, 0.05) is 44.6 Å². The largest absolute Gasteiger partial charge is 0.444 e. The Morgan fingerprint density at radius 2 is 2.00 bits per heavy atom. The lowest BCUT2D eigenvalue weighted by Crippen LogP contribution is -2.39. The molecule has 0 aliphatic rings. The fourth-order valence-corrected chi connectivity index (χ4v) is 2.81. The fraction of sp³-hybridized carbons (Fsp3) is 0.400. The van der Waals surface area contributed by atoms with Gasteiger partial charge in [-0.05, 0) is 31.2 Å². The molecule has 162 valence electrons. The molecule has 0 aliphatic heterocycles. The molecule has 0 atom stereocenters. The summed E-state index contributed by atoms with van der Waals surface area (Å²) in [5, 5.41) is 14.6. The highest BCUT2D eigenvalue weighted by Crippen LogP contribution is 2.19. The third kappa shape index (κ3) is 6.78. The highest BCUT2D eigenvalue weighted by atomic mass is 127. The Morgan fingerprint density at radius 1 is 1.20 bits per heavy atom. The van der Waals surface area contributed by atoms with E-state index in [-0.39, 0.29) is 29.8 Å². The number of aromatic nitrogens is 4. The minimum absolute atomic E-state index is 0. The average molecular weight is 527 g/mol. The monoisotopic (exact) mass is 527 g/mol. The van der Waals surface area contributed by atoms with E-state index in [1.54, 1.807) is 24.7 Å². The van der Waals surface area contributed by atoms with Crippen molar-refractivity contribution >= 4 is 29.9 Å². The minimum atomic E-state index is -0.284. The van der Waals surface area contributed by atoms with Crippen LogP contribution in [0.15, 0.2) is 46.3 Å². The number of hydrogen-bond acceptors (Lipinski definition) is 5. The number of aryl methyl sites for hydroxylation is 1. The maximum absolute atomic E-state index is 13.0. The first-order valence-electron chi connectivity index (χ1n) is 9.78. The zero-order valence-electron chi connectivity index (χ0n) is 17.1. The van der Waals surface area contributed by atoms with Gasteiger partial charge in [-0.2, -0.15) is 0 Å². The number of aliphatic imine (C=N–C) groups is 1. The van der Waals surface area contributed by atoms with Crippen LogP contribution in [0.3, 0.4) is 0 Å². The normalized spacial score (nSPS) is 11.2. The topological polar surface area (TPSA) is 93.2 Å². The van der Waals surface area contributed by atoms with Crippen LogP contribution in [-0.2, 0) is 19.4 Å². The van der Waals surface area contributed by atoms with Gasteiger partial charge in [-0.25, -0.2) is 9.37 Å². The summed E-state index contributed by atoms with van der Waals surface area (Å²) >= 11 is 0. The molecule has 10 heteroatoms. The molecule has 0 saturated heterocycles. The molecule has 2 N–H and O–H groups in total. The summed E-state index contributed by atoms with van der Waals surface area (Å²) < 4.78 is 20.6. The SMILES string of the molecule is CCNC(=NCCc1coc(-c2ccc(F)cc2)n1)NCCn1cnnc1CC.I. The summed E-state index contributed by atoms with van der Waals surface area (Å²) in [5.41, 5.74) is 1.55. The zero-order valence-corrected chi connectivity index (χ0v) is 19.5. The van der Waals surface area contributed by atoms with Crippen LogP contribution in [0.5, 0.6) is 0 Å². The van der Waals surface area contributed by atoms with Gasteiger partial charge in [-0.3, -0.25) is 4.99 Å². The summed E-state index contributed by atoms with van der Waals surface area (Å²) in [6.45, 7) is 6.92. The first-order valence-corrected chi connectivity index (χ1v) is 9.78. The lowest BCUT2D eigenvalue weighted by Gasteiger charge is -2.12. The van der Waals surface area contributed by atoms with Crippen LogP contribution in [0.25, 0.3) is 11.5 Å². The van der Waals surface area contributed by atoms with Crippen LogP contribution < -0.4 is 10.6 Å². The van der Waals surface area contributed by atoms with E-state index in [0.29, 0.717) is 18.9 Å². The van der Waals surface area contributed by atoms with Crippen molar-refractivity contribution in [2.45, 2.75) is 33.2 Å². The van der Waals surface area contributed by atoms with E-state index < -0.39 is 0 Å². The van der Waals surface area contributed by atoms with Gasteiger partial charge in [-0.15, -0.1) is 34.2 Å². The molecule has 0 fully saturated rings. The number of hydrogen-bond donors (Lipinski definition) is 2. The fourth-order valence-electron chi connectivity index (χ4n) is 2.81. The summed E-state index contributed by atoms with van der Waals surface area (Å²) in [5.74, 6) is 1.92. The molecule has 0 radical (unpaired) electrons. The molecule has 0 unspecified atom stereocenters. The average Bonchev–Trinajstić information content (AvgIpc) is 3.38. The van der Waals surface area contributed by atoms with Crippen LogP contribution in [0.1, 0.15) is 25.4 Å². The van der Waals surface area contributed by atoms with E-state index >= 15 is 0 Å². The highest BCUT2D eigenvalue weighted by molar-refractivity contribution is 14.0. The Balaban J connectivity index is 0.00000320. The molecule has 2 aromatic heterocycles. The molecule has 1 aromatic carbocycles. The van der Waals surface area contributed by atoms with Gasteiger partial charge < -0.3 is 19.6 Å². The Hall–Kier alpha value is -2.50. The van der Waals surface area contributed by atoms with Gasteiger partial charge in [0.15, 0.2) is 5.96 Å². The maximum atomic E-state index is 13.0. The quantitative estimate of drug-likeness (QED) is 0.253. The van der Waals surface area contributed by atoms with E-state index in [9.17, 15) is 4.39 Å². The standard InChI is InChI=1S/C20H26FN7O.HI/c1-3-18-27-25-14-28(18)12-11-24-20(22-4-2)23-10-9-17-13-29-19(26-17)15-5-7-16(21)8-6-15;/h5-8,13-14H,3-4,9-12H2,1-2H3,(H2,22,23,24);1H. The van der Waals surface area contributed by atoms with Crippen molar-refractivity contribution in [2.75, 3.05) is 19.6 Å². The number of halogens is 2. The Labute approximate surface area is 192 Å². The van der Waals surface area contributed by atoms with Crippen molar-refractivity contribution in [2.24, 2.45) is 4.99 Å². The smallest absolute Gasteiger partial charge is 0.226 e. The van der Waals surface area contributed by atoms with Crippen molar-refractivity contribution in [3.8, 4) is 11.5 Å². The first kappa shape index (κ1) is 23.8. The summed E-state index contributed by atoms with van der Waals surface area (Å²) in [6, 6.07) is 6.08. The van der Waals surface area contributed by atoms with Crippen LogP contribution >= 0.6 is 24.0 Å². The summed E-state index contributed by atoms with van der Waals surface area (Å²) in [7, 11) is 0. The van der Waals surface area contributed by atoms with E-state index in [1.165, 1.54) is 12.1 Å². The number of rotatable bonds is 9. The van der Waals surface area contributed by atoms with Gasteiger partial charge >= 0.3 is 0 Å². The molecule has 0 amide bonds. The number of nitrogens with zero attached hydrogens (tertiary/aromatic N) is 5. The second-order valence-electron chi connectivity index (χ2n) is 6.38. The molecular formula is C20H27FIN7O. The number of nitrogens with one attached hydrogen (secondary N) is 2. The molecule has 3 aromatic rings. The number of oxazole rings is 1. The third-order valence-electron chi connectivity index (χ3n) is 4.28. The molecule has 0 aliphatic carbocycles. The Morgan fingerprint density at radius 3 is 2.73 bits per heavy atom. The van der Waals surface area contributed by atoms with Crippen LogP contribution in [0, 0.1) is 5.82 Å². The molecule has 0 saturated carbocycles.